The lowest BCUT2D eigenvalue weighted by atomic mass is 10.1. The average molecular weight is 382 g/mol. The van der Waals surface area contributed by atoms with Crippen LogP contribution in [0.25, 0.3) is 0 Å². The van der Waals surface area contributed by atoms with E-state index >= 15 is 0 Å². The maximum absolute atomic E-state index is 13.6. The lowest BCUT2D eigenvalue weighted by molar-refractivity contribution is -0.134. The first kappa shape index (κ1) is 18.2. The number of hydrogen-bond donors (Lipinski definition) is 1. The number of piperidine rings is 1. The van der Waals surface area contributed by atoms with Gasteiger partial charge in [-0.15, -0.1) is 12.4 Å². The minimum Gasteiger partial charge on any atom is -0.481 e. The Morgan fingerprint density at radius 2 is 2.33 bits per heavy atom. The summed E-state index contributed by atoms with van der Waals surface area (Å²) in [5, 5.41) is 3.18. The Bertz CT molecular complexity index is 490. The van der Waals surface area contributed by atoms with E-state index < -0.39 is 5.82 Å². The van der Waals surface area contributed by atoms with Crippen molar-refractivity contribution in [1.29, 1.82) is 0 Å². The summed E-state index contributed by atoms with van der Waals surface area (Å²) in [4.78, 5) is 13.8. The first-order valence-corrected chi connectivity index (χ1v) is 7.42. The van der Waals surface area contributed by atoms with Crippen molar-refractivity contribution >= 4 is 34.2 Å². The van der Waals surface area contributed by atoms with E-state index in [9.17, 15) is 9.18 Å². The third kappa shape index (κ3) is 5.13. The zero-order valence-corrected chi connectivity index (χ0v) is 14.2. The molecule has 0 aliphatic carbocycles. The van der Waals surface area contributed by atoms with Gasteiger partial charge in [-0.1, -0.05) is 15.9 Å². The van der Waals surface area contributed by atoms with Crippen LogP contribution in [0, 0.1) is 5.82 Å². The molecule has 0 aromatic heterocycles. The Kier molecular flexibility index (Phi) is 7.42. The van der Waals surface area contributed by atoms with Gasteiger partial charge in [0.15, 0.2) is 18.2 Å². The van der Waals surface area contributed by atoms with Crippen molar-refractivity contribution in [2.45, 2.75) is 18.9 Å². The molecule has 118 valence electrons. The smallest absolute Gasteiger partial charge is 0.260 e. The van der Waals surface area contributed by atoms with Crippen LogP contribution in [0.3, 0.4) is 0 Å². The zero-order chi connectivity index (χ0) is 14.5. The molecular weight excluding hydrogens is 363 g/mol. The van der Waals surface area contributed by atoms with E-state index in [2.05, 4.69) is 21.2 Å². The Morgan fingerprint density at radius 3 is 3.00 bits per heavy atom. The van der Waals surface area contributed by atoms with Crippen LogP contribution in [-0.2, 0) is 4.79 Å². The van der Waals surface area contributed by atoms with E-state index in [-0.39, 0.29) is 30.7 Å². The summed E-state index contributed by atoms with van der Waals surface area (Å²) in [5.74, 6) is -0.477. The van der Waals surface area contributed by atoms with Gasteiger partial charge in [0.2, 0.25) is 0 Å². The first-order chi connectivity index (χ1) is 9.60. The molecule has 1 saturated heterocycles. The summed E-state index contributed by atoms with van der Waals surface area (Å²) < 4.78 is 19.5. The highest BCUT2D eigenvalue weighted by Gasteiger charge is 2.22. The zero-order valence-electron chi connectivity index (χ0n) is 11.8. The van der Waals surface area contributed by atoms with Gasteiger partial charge < -0.3 is 15.0 Å². The maximum atomic E-state index is 13.6. The Labute approximate surface area is 138 Å². The molecule has 0 bridgehead atoms. The number of rotatable bonds is 4. The number of amides is 1. The van der Waals surface area contributed by atoms with Crippen molar-refractivity contribution in [3.8, 4) is 5.75 Å². The number of ether oxygens (including phenoxy) is 1. The van der Waals surface area contributed by atoms with Crippen LogP contribution in [0.15, 0.2) is 22.7 Å². The number of likely N-dealkylation sites (tertiary alicyclic amines) is 1. The molecular formula is C14H19BrClFN2O2. The SMILES string of the molecule is CNC1CCCN(C(=O)COc2ccc(Br)cc2F)C1.Cl. The average Bonchev–Trinajstić information content (AvgIpc) is 2.46. The summed E-state index contributed by atoms with van der Waals surface area (Å²) in [6.45, 7) is 1.29. The van der Waals surface area contributed by atoms with Crippen molar-refractivity contribution in [3.05, 3.63) is 28.5 Å². The van der Waals surface area contributed by atoms with Crippen molar-refractivity contribution < 1.29 is 13.9 Å². The summed E-state index contributed by atoms with van der Waals surface area (Å²) in [6, 6.07) is 4.84. The molecule has 1 amide bonds. The third-order valence-electron chi connectivity index (χ3n) is 3.43. The second-order valence-corrected chi connectivity index (χ2v) is 5.75. The molecule has 0 saturated carbocycles. The highest BCUT2D eigenvalue weighted by Crippen LogP contribution is 2.21. The molecule has 0 radical (unpaired) electrons. The molecule has 0 spiro atoms. The largest absolute Gasteiger partial charge is 0.481 e. The van der Waals surface area contributed by atoms with Gasteiger partial charge >= 0.3 is 0 Å². The second kappa shape index (κ2) is 8.56. The molecule has 1 unspecified atom stereocenters. The molecule has 4 nitrogen and oxygen atoms in total. The molecule has 1 fully saturated rings. The highest BCUT2D eigenvalue weighted by atomic mass is 79.9. The van der Waals surface area contributed by atoms with Gasteiger partial charge in [-0.05, 0) is 38.1 Å². The van der Waals surface area contributed by atoms with E-state index in [0.29, 0.717) is 17.1 Å². The molecule has 1 aromatic rings. The lowest BCUT2D eigenvalue weighted by Gasteiger charge is -2.32. The van der Waals surface area contributed by atoms with Crippen LogP contribution in [0.1, 0.15) is 12.8 Å². The van der Waals surface area contributed by atoms with E-state index in [1.165, 1.54) is 12.1 Å². The fraction of sp³-hybridized carbons (Fsp3) is 0.500. The molecule has 1 aromatic carbocycles. The summed E-state index contributed by atoms with van der Waals surface area (Å²) in [5.41, 5.74) is 0. The van der Waals surface area contributed by atoms with Crippen LogP contribution >= 0.6 is 28.3 Å². The quantitative estimate of drug-likeness (QED) is 0.872. The summed E-state index contributed by atoms with van der Waals surface area (Å²) >= 11 is 3.18. The van der Waals surface area contributed by atoms with Crippen LogP contribution in [0.4, 0.5) is 4.39 Å². The number of likely N-dealkylation sites (N-methyl/N-ethyl adjacent to an activating group) is 1. The molecule has 21 heavy (non-hydrogen) atoms. The van der Waals surface area contributed by atoms with Crippen molar-refractivity contribution in [3.63, 3.8) is 0 Å². The molecule has 1 aliphatic heterocycles. The van der Waals surface area contributed by atoms with Gasteiger partial charge in [0, 0.05) is 23.6 Å². The predicted octanol–water partition coefficient (Wildman–Crippen LogP) is 2.60. The molecule has 1 heterocycles. The number of benzene rings is 1. The Balaban J connectivity index is 0.00000220. The second-order valence-electron chi connectivity index (χ2n) is 4.83. The number of nitrogens with one attached hydrogen (secondary N) is 1. The van der Waals surface area contributed by atoms with E-state index in [1.54, 1.807) is 11.0 Å². The Hall–Kier alpha value is -0.850. The third-order valence-corrected chi connectivity index (χ3v) is 3.92. The predicted molar refractivity (Wildman–Crippen MR) is 85.5 cm³/mol. The van der Waals surface area contributed by atoms with Gasteiger partial charge in [-0.3, -0.25) is 4.79 Å². The molecule has 1 atom stereocenters. The summed E-state index contributed by atoms with van der Waals surface area (Å²) in [6.07, 6.45) is 2.05. The van der Waals surface area contributed by atoms with Crippen LogP contribution in [-0.4, -0.2) is 43.6 Å². The number of hydrogen-bond acceptors (Lipinski definition) is 3. The van der Waals surface area contributed by atoms with Crippen molar-refractivity contribution in [1.82, 2.24) is 10.2 Å². The van der Waals surface area contributed by atoms with Crippen LogP contribution in [0.2, 0.25) is 0 Å². The van der Waals surface area contributed by atoms with Gasteiger partial charge in [0.25, 0.3) is 5.91 Å². The fourth-order valence-corrected chi connectivity index (χ4v) is 2.60. The lowest BCUT2D eigenvalue weighted by Crippen LogP contribution is -2.48. The summed E-state index contributed by atoms with van der Waals surface area (Å²) in [7, 11) is 1.90. The van der Waals surface area contributed by atoms with Crippen LogP contribution < -0.4 is 10.1 Å². The van der Waals surface area contributed by atoms with E-state index in [4.69, 9.17) is 4.74 Å². The van der Waals surface area contributed by atoms with Gasteiger partial charge in [-0.25, -0.2) is 4.39 Å². The van der Waals surface area contributed by atoms with Crippen LogP contribution in [0.5, 0.6) is 5.75 Å². The number of carbonyl (C=O) groups is 1. The topological polar surface area (TPSA) is 41.6 Å². The number of carbonyl (C=O) groups excluding carboxylic acids is 1. The normalized spacial score (nSPS) is 18.0. The Morgan fingerprint density at radius 1 is 1.57 bits per heavy atom. The number of halogens is 3. The van der Waals surface area contributed by atoms with Crippen molar-refractivity contribution in [2.24, 2.45) is 0 Å². The van der Waals surface area contributed by atoms with Crippen molar-refractivity contribution in [2.75, 3.05) is 26.7 Å². The minimum atomic E-state index is -0.473. The fourth-order valence-electron chi connectivity index (χ4n) is 2.26. The monoisotopic (exact) mass is 380 g/mol. The van der Waals surface area contributed by atoms with Gasteiger partial charge in [-0.2, -0.15) is 0 Å². The van der Waals surface area contributed by atoms with E-state index in [0.717, 1.165) is 19.4 Å². The first-order valence-electron chi connectivity index (χ1n) is 6.63. The maximum Gasteiger partial charge on any atom is 0.260 e. The van der Waals surface area contributed by atoms with E-state index in [1.807, 2.05) is 7.05 Å². The number of nitrogens with zero attached hydrogens (tertiary/aromatic N) is 1. The highest BCUT2D eigenvalue weighted by molar-refractivity contribution is 9.10. The standard InChI is InChI=1S/C14H18BrFN2O2.ClH/c1-17-11-3-2-6-18(8-11)14(19)9-20-13-5-4-10(15)7-12(13)16;/h4-5,7,11,17H,2-3,6,8-9H2,1H3;1H. The molecule has 2 rings (SSSR count). The molecule has 1 aliphatic rings. The minimum absolute atomic E-state index is 0. The van der Waals surface area contributed by atoms with Gasteiger partial charge in [0.05, 0.1) is 0 Å². The molecule has 7 heteroatoms. The molecule has 1 N–H and O–H groups in total. The van der Waals surface area contributed by atoms with Gasteiger partial charge in [0.1, 0.15) is 0 Å².